The van der Waals surface area contributed by atoms with E-state index in [9.17, 15) is 16.8 Å². The molecule has 0 heterocycles. The number of benzene rings is 8. The van der Waals surface area contributed by atoms with E-state index in [0.29, 0.717) is 38.4 Å². The number of alkyl halides is 4. The van der Waals surface area contributed by atoms with Crippen molar-refractivity contribution in [2.75, 3.05) is 24.9 Å². The summed E-state index contributed by atoms with van der Waals surface area (Å²) in [7, 11) is -4.15. The zero-order chi connectivity index (χ0) is 61.2. The second-order valence-electron chi connectivity index (χ2n) is 21.4. The van der Waals surface area contributed by atoms with Gasteiger partial charge in [-0.15, -0.1) is 18.2 Å². The van der Waals surface area contributed by atoms with Gasteiger partial charge in [-0.25, -0.2) is 16.8 Å². The summed E-state index contributed by atoms with van der Waals surface area (Å²) < 4.78 is 76.9. The van der Waals surface area contributed by atoms with E-state index in [-0.39, 0.29) is 68.0 Å². The largest absolute Gasteiger partial charge is 1.00 e. The van der Waals surface area contributed by atoms with Gasteiger partial charge in [-0.3, -0.25) is 0 Å². The van der Waals surface area contributed by atoms with Crippen LogP contribution >= 0.6 is 63.7 Å². The summed E-state index contributed by atoms with van der Waals surface area (Å²) in [5.74, 6) is 4.11. The normalized spacial score (nSPS) is 12.1. The Labute approximate surface area is 571 Å². The van der Waals surface area contributed by atoms with Crippen LogP contribution in [0.15, 0.2) is 189 Å². The molecule has 0 saturated heterocycles. The molecule has 8 aromatic rings. The number of ether oxygens (including phenoxy) is 4. The number of halogens is 4. The third-order valence-corrected chi connectivity index (χ3v) is 21.1. The predicted molar refractivity (Wildman–Crippen MR) is 357 cm³/mol. The maximum atomic E-state index is 14.3. The Morgan fingerprint density at radius 2 is 0.791 bits per heavy atom. The average molecular weight is 1440 g/mol. The van der Waals surface area contributed by atoms with Gasteiger partial charge in [0.15, 0.2) is 9.84 Å². The van der Waals surface area contributed by atoms with Gasteiger partial charge < -0.3 is 18.9 Å². The third kappa shape index (κ3) is 19.7. The summed E-state index contributed by atoms with van der Waals surface area (Å²) in [5, 5.41) is 2.28. The molecule has 0 N–H and O–H groups in total. The van der Waals surface area contributed by atoms with Gasteiger partial charge in [-0.05, 0) is 149 Å². The third-order valence-electron chi connectivity index (χ3n) is 14.5. The van der Waals surface area contributed by atoms with Crippen LogP contribution in [0.5, 0.6) is 34.5 Å². The number of aryl methyl sites for hydroxylation is 2. The standard InChI is InChI=1S/C37H42Br2O4S.C29H26O4S.C4H8Br2.2Li/c1-7-9-33(38)31-23-25(3)11-21-35(31)44(40,41)36-22-20-30(24-32(36)34(39)10-8-2)43-29-18-14-27(15-19-29)37(4,5)26-12-16-28(42-6)17-13-26;1-21-5-17-27(18-6-21)34(30,31)28-19-15-26(16-20-28)33-25-13-9-23(10-14-25)29(2,3)22-7-11-24(32-4)12-8-22;5-3-1-2-4-6;;/h11-24,33-34H,7-10H2,1-6H3;5-17,19H,1-4H3;1-4H2;;/q;-2;;2*+1. The number of methoxy groups -OCH3 is 2. The second kappa shape index (κ2) is 34.8. The summed E-state index contributed by atoms with van der Waals surface area (Å²) in [6.07, 6.45) is 6.05. The quantitative estimate of drug-likeness (QED) is 0.0270. The molecule has 0 spiro atoms. The van der Waals surface area contributed by atoms with Crippen molar-refractivity contribution in [3.05, 3.63) is 226 Å². The fourth-order valence-electron chi connectivity index (χ4n) is 9.26. The first-order chi connectivity index (χ1) is 40.0. The van der Waals surface area contributed by atoms with Crippen molar-refractivity contribution < 1.29 is 73.5 Å². The molecule has 0 amide bonds. The molecule has 446 valence electrons. The fraction of sp³-hybridized carbons (Fsp3) is 0.314. The van der Waals surface area contributed by atoms with Gasteiger partial charge in [0.25, 0.3) is 0 Å². The van der Waals surface area contributed by atoms with E-state index >= 15 is 0 Å². The summed E-state index contributed by atoms with van der Waals surface area (Å²) in [6, 6.07) is 58.4. The van der Waals surface area contributed by atoms with Crippen molar-refractivity contribution in [2.24, 2.45) is 0 Å². The summed E-state index contributed by atoms with van der Waals surface area (Å²) in [5.41, 5.74) is 7.75. The first-order valence-corrected chi connectivity index (χ1v) is 35.1. The van der Waals surface area contributed by atoms with E-state index in [0.717, 1.165) is 75.7 Å². The van der Waals surface area contributed by atoms with E-state index in [2.05, 4.69) is 154 Å². The molecular weight excluding hydrogens is 1370 g/mol. The van der Waals surface area contributed by atoms with Crippen molar-refractivity contribution >= 4 is 83.4 Å². The van der Waals surface area contributed by atoms with Crippen LogP contribution in [0, 0.1) is 26.0 Å². The Bertz CT molecular complexity index is 3580. The van der Waals surface area contributed by atoms with Crippen LogP contribution in [0.4, 0.5) is 0 Å². The molecule has 0 bridgehead atoms. The fourth-order valence-corrected chi connectivity index (χ4v) is 14.9. The molecule has 86 heavy (non-hydrogen) atoms. The van der Waals surface area contributed by atoms with E-state index in [1.165, 1.54) is 36.1 Å². The number of sulfone groups is 2. The van der Waals surface area contributed by atoms with Gasteiger partial charge in [0.1, 0.15) is 28.7 Å². The van der Waals surface area contributed by atoms with E-state index in [1.807, 2.05) is 92.7 Å². The molecule has 2 unspecified atom stereocenters. The SMILES string of the molecule is BrCCCCBr.CCCC(Br)c1cc(C)ccc1S(=O)(=O)c1ccc(Oc2ccc(C(C)(C)c3ccc(OC)cc3)cc2)cc1C(Br)CCC.COc1ccc(C(C)(C)c2ccc(Oc3c[c-]c(S(=O)(=O)c4[c-]cc(C)cc4)cc3)cc2)cc1.[Li+].[Li+]. The molecule has 0 aromatic heterocycles. The molecule has 0 aliphatic heterocycles. The Balaban J connectivity index is 0.000000337. The maximum absolute atomic E-state index is 14.3. The molecule has 8 nitrogen and oxygen atoms in total. The van der Waals surface area contributed by atoms with Crippen molar-refractivity contribution in [2.45, 2.75) is 134 Å². The molecule has 0 radical (unpaired) electrons. The maximum Gasteiger partial charge on any atom is 1.00 e. The van der Waals surface area contributed by atoms with Crippen LogP contribution < -0.4 is 56.7 Å². The minimum Gasteiger partial charge on any atom is -0.517 e. The number of rotatable bonds is 23. The number of hydrogen-bond acceptors (Lipinski definition) is 8. The first kappa shape index (κ1) is 74.4. The molecule has 0 aliphatic carbocycles. The topological polar surface area (TPSA) is 105 Å². The van der Waals surface area contributed by atoms with E-state index < -0.39 is 19.7 Å². The van der Waals surface area contributed by atoms with Crippen LogP contribution in [-0.4, -0.2) is 41.7 Å². The summed E-state index contributed by atoms with van der Waals surface area (Å²) in [4.78, 5) is 0.668. The van der Waals surface area contributed by atoms with Gasteiger partial charge >= 0.3 is 37.7 Å². The molecule has 2 atom stereocenters. The van der Waals surface area contributed by atoms with Gasteiger partial charge in [-0.2, -0.15) is 35.9 Å². The zero-order valence-corrected chi connectivity index (χ0v) is 59.5. The summed E-state index contributed by atoms with van der Waals surface area (Å²) >= 11 is 14.2. The minimum absolute atomic E-state index is 0. The smallest absolute Gasteiger partial charge is 0.517 e. The Hall–Kier alpha value is -4.03. The Morgan fingerprint density at radius 1 is 0.442 bits per heavy atom. The van der Waals surface area contributed by atoms with Crippen molar-refractivity contribution in [3.8, 4) is 34.5 Å². The molecular formula is C70H76Br4Li2O8S2. The van der Waals surface area contributed by atoms with Crippen molar-refractivity contribution in [1.82, 2.24) is 0 Å². The van der Waals surface area contributed by atoms with Gasteiger partial charge in [0, 0.05) is 36.9 Å². The zero-order valence-electron chi connectivity index (χ0n) is 51.6. The molecule has 8 rings (SSSR count). The van der Waals surface area contributed by atoms with Gasteiger partial charge in [0.05, 0.1) is 24.0 Å². The number of hydrogen-bond donors (Lipinski definition) is 0. The van der Waals surface area contributed by atoms with Crippen LogP contribution in [-0.2, 0) is 30.5 Å². The van der Waals surface area contributed by atoms with Crippen LogP contribution in [0.2, 0.25) is 0 Å². The van der Waals surface area contributed by atoms with E-state index in [4.69, 9.17) is 18.9 Å². The van der Waals surface area contributed by atoms with Crippen LogP contribution in [0.3, 0.4) is 0 Å². The second-order valence-corrected chi connectivity index (χ2v) is 29.0. The first-order valence-electron chi connectivity index (χ1n) is 28.0. The molecule has 16 heteroatoms. The average Bonchev–Trinajstić information content (AvgIpc) is 3.66. The van der Waals surface area contributed by atoms with Crippen molar-refractivity contribution in [3.63, 3.8) is 0 Å². The van der Waals surface area contributed by atoms with Crippen LogP contribution in [0.1, 0.15) is 134 Å². The minimum atomic E-state index is -3.81. The number of unbranched alkanes of at least 4 members (excludes halogenated alkanes) is 1. The van der Waals surface area contributed by atoms with Crippen molar-refractivity contribution in [1.29, 1.82) is 0 Å². The Kier molecular flexibility index (Phi) is 30.1. The van der Waals surface area contributed by atoms with Gasteiger partial charge in [-0.1, -0.05) is 191 Å². The van der Waals surface area contributed by atoms with Crippen LogP contribution in [0.25, 0.3) is 0 Å². The van der Waals surface area contributed by atoms with E-state index in [1.54, 1.807) is 56.7 Å². The molecule has 0 saturated carbocycles. The molecule has 0 fully saturated rings. The Morgan fingerprint density at radius 3 is 1.16 bits per heavy atom. The van der Waals surface area contributed by atoms with Gasteiger partial charge in [0.2, 0.25) is 9.84 Å². The molecule has 8 aromatic carbocycles. The summed E-state index contributed by atoms with van der Waals surface area (Å²) in [6.45, 7) is 16.8. The predicted octanol–water partition coefficient (Wildman–Crippen LogP) is 14.5. The molecule has 0 aliphatic rings. The monoisotopic (exact) mass is 1440 g/mol.